The van der Waals surface area contributed by atoms with E-state index in [1.807, 2.05) is 25.1 Å². The summed E-state index contributed by atoms with van der Waals surface area (Å²) in [4.78, 5) is 13.6. The first-order valence-corrected chi connectivity index (χ1v) is 6.35. The molecule has 0 unspecified atom stereocenters. The van der Waals surface area contributed by atoms with Crippen LogP contribution in [0.25, 0.3) is 0 Å². The molecule has 0 atom stereocenters. The van der Waals surface area contributed by atoms with E-state index in [1.54, 1.807) is 12.1 Å². The van der Waals surface area contributed by atoms with Crippen molar-refractivity contribution in [1.29, 1.82) is 0 Å². The minimum atomic E-state index is -0.484. The number of amides is 1. The van der Waals surface area contributed by atoms with Crippen LogP contribution in [0.15, 0.2) is 46.2 Å². The minimum absolute atomic E-state index is 0.122. The molecule has 1 aliphatic heterocycles. The number of rotatable bonds is 0. The molecule has 0 radical (unpaired) electrons. The van der Waals surface area contributed by atoms with Crippen LogP contribution >= 0.6 is 11.8 Å². The predicted octanol–water partition coefficient (Wildman–Crippen LogP) is 3.85. The van der Waals surface area contributed by atoms with E-state index >= 15 is 0 Å². The molecule has 3 rings (SSSR count). The van der Waals surface area contributed by atoms with E-state index in [9.17, 15) is 9.18 Å². The number of hydrogen-bond donors (Lipinski definition) is 1. The number of anilines is 1. The van der Waals surface area contributed by atoms with Gasteiger partial charge in [0.15, 0.2) is 0 Å². The Kier molecular flexibility index (Phi) is 2.59. The van der Waals surface area contributed by atoms with Gasteiger partial charge in [-0.3, -0.25) is 4.79 Å². The van der Waals surface area contributed by atoms with Gasteiger partial charge in [-0.05, 0) is 36.8 Å². The van der Waals surface area contributed by atoms with Crippen LogP contribution in [0.4, 0.5) is 10.1 Å². The van der Waals surface area contributed by atoms with Gasteiger partial charge in [-0.1, -0.05) is 23.9 Å². The van der Waals surface area contributed by atoms with Gasteiger partial charge < -0.3 is 5.32 Å². The molecule has 2 aromatic carbocycles. The highest BCUT2D eigenvalue weighted by atomic mass is 32.2. The van der Waals surface area contributed by atoms with Crippen LogP contribution in [0.3, 0.4) is 0 Å². The number of nitrogens with one attached hydrogen (secondary N) is 1. The summed E-state index contributed by atoms with van der Waals surface area (Å²) in [6, 6.07) is 10.5. The summed E-state index contributed by atoms with van der Waals surface area (Å²) in [5.41, 5.74) is 1.91. The van der Waals surface area contributed by atoms with E-state index in [2.05, 4.69) is 5.32 Å². The molecule has 2 nitrogen and oxygen atoms in total. The van der Waals surface area contributed by atoms with Crippen molar-refractivity contribution in [2.24, 2.45) is 0 Å². The highest BCUT2D eigenvalue weighted by Gasteiger charge is 2.22. The molecule has 1 amide bonds. The number of carbonyl (C=O) groups excluding carboxylic acids is 1. The van der Waals surface area contributed by atoms with Crippen molar-refractivity contribution in [1.82, 2.24) is 0 Å². The van der Waals surface area contributed by atoms with Crippen LogP contribution in [-0.2, 0) is 0 Å². The molecule has 90 valence electrons. The fourth-order valence-electron chi connectivity index (χ4n) is 1.94. The van der Waals surface area contributed by atoms with Gasteiger partial charge in [0.25, 0.3) is 5.91 Å². The van der Waals surface area contributed by atoms with E-state index in [-0.39, 0.29) is 11.5 Å². The quantitative estimate of drug-likeness (QED) is 0.778. The van der Waals surface area contributed by atoms with E-state index in [0.29, 0.717) is 4.90 Å². The molecule has 1 N–H and O–H groups in total. The van der Waals surface area contributed by atoms with Gasteiger partial charge in [-0.15, -0.1) is 0 Å². The van der Waals surface area contributed by atoms with Crippen molar-refractivity contribution in [2.45, 2.75) is 16.7 Å². The van der Waals surface area contributed by atoms with Gasteiger partial charge in [0, 0.05) is 9.79 Å². The maximum atomic E-state index is 13.7. The second kappa shape index (κ2) is 4.14. The third-order valence-corrected chi connectivity index (χ3v) is 3.94. The van der Waals surface area contributed by atoms with E-state index in [0.717, 1.165) is 16.1 Å². The molecule has 1 aliphatic rings. The third kappa shape index (κ3) is 1.78. The van der Waals surface area contributed by atoms with E-state index in [4.69, 9.17) is 0 Å². The number of hydrogen-bond acceptors (Lipinski definition) is 2. The molecule has 0 fully saturated rings. The van der Waals surface area contributed by atoms with Gasteiger partial charge in [0.2, 0.25) is 0 Å². The summed E-state index contributed by atoms with van der Waals surface area (Å²) in [5, 5.41) is 2.76. The Morgan fingerprint density at radius 1 is 1.17 bits per heavy atom. The molecule has 0 aromatic heterocycles. The van der Waals surface area contributed by atoms with Gasteiger partial charge >= 0.3 is 0 Å². The standard InChI is InChI=1S/C14H10FNOS/c1-8-5-6-11-10(7-8)16-14(17)13-9(15)3-2-4-12(13)18-11/h2-7H,1H3,(H,16,17). The number of benzene rings is 2. The zero-order chi connectivity index (χ0) is 12.7. The first-order chi connectivity index (χ1) is 8.65. The van der Waals surface area contributed by atoms with Crippen LogP contribution in [0.5, 0.6) is 0 Å². The molecule has 1 heterocycles. The summed E-state index contributed by atoms with van der Waals surface area (Å²) < 4.78 is 13.7. The Hall–Kier alpha value is -1.81. The Morgan fingerprint density at radius 3 is 2.83 bits per heavy atom. The number of aryl methyl sites for hydroxylation is 1. The maximum Gasteiger partial charge on any atom is 0.259 e. The van der Waals surface area contributed by atoms with E-state index < -0.39 is 5.82 Å². The first kappa shape index (κ1) is 11.3. The average Bonchev–Trinajstić information content (AvgIpc) is 2.45. The molecule has 4 heteroatoms. The molecular formula is C14H10FNOS. The SMILES string of the molecule is Cc1ccc2c(c1)NC(=O)c1c(F)cccc1S2. The predicted molar refractivity (Wildman–Crippen MR) is 69.7 cm³/mol. The van der Waals surface area contributed by atoms with Crippen molar-refractivity contribution in [3.8, 4) is 0 Å². The zero-order valence-corrected chi connectivity index (χ0v) is 10.5. The normalized spacial score (nSPS) is 13.3. The second-order valence-corrected chi connectivity index (χ2v) is 5.25. The van der Waals surface area contributed by atoms with Gasteiger partial charge in [-0.25, -0.2) is 4.39 Å². The smallest absolute Gasteiger partial charge is 0.259 e. The summed E-state index contributed by atoms with van der Waals surface area (Å²) >= 11 is 1.41. The molecule has 0 aliphatic carbocycles. The molecule has 0 saturated carbocycles. The molecule has 2 aromatic rings. The lowest BCUT2D eigenvalue weighted by atomic mass is 10.2. The number of halogens is 1. The molecule has 18 heavy (non-hydrogen) atoms. The molecule has 0 bridgehead atoms. The van der Waals surface area contributed by atoms with Crippen LogP contribution < -0.4 is 5.32 Å². The van der Waals surface area contributed by atoms with Crippen LogP contribution in [0.2, 0.25) is 0 Å². The van der Waals surface area contributed by atoms with Crippen molar-refractivity contribution >= 4 is 23.4 Å². The minimum Gasteiger partial charge on any atom is -0.321 e. The van der Waals surface area contributed by atoms with Crippen LogP contribution in [-0.4, -0.2) is 5.91 Å². The number of carbonyl (C=O) groups is 1. The van der Waals surface area contributed by atoms with Crippen molar-refractivity contribution in [2.75, 3.05) is 5.32 Å². The summed E-state index contributed by atoms with van der Waals surface area (Å²) in [6.45, 7) is 1.95. The molecule has 0 saturated heterocycles. The maximum absolute atomic E-state index is 13.7. The lowest BCUT2D eigenvalue weighted by molar-refractivity contribution is 0.102. The lowest BCUT2D eigenvalue weighted by Crippen LogP contribution is -2.13. The Bertz CT molecular complexity index is 654. The average molecular weight is 259 g/mol. The van der Waals surface area contributed by atoms with Crippen molar-refractivity contribution in [3.05, 3.63) is 53.3 Å². The van der Waals surface area contributed by atoms with Crippen LogP contribution in [0, 0.1) is 12.7 Å². The molecule has 0 spiro atoms. The van der Waals surface area contributed by atoms with Gasteiger partial charge in [-0.2, -0.15) is 0 Å². The third-order valence-electron chi connectivity index (χ3n) is 2.81. The largest absolute Gasteiger partial charge is 0.321 e. The fourth-order valence-corrected chi connectivity index (χ4v) is 2.98. The van der Waals surface area contributed by atoms with Crippen molar-refractivity contribution in [3.63, 3.8) is 0 Å². The monoisotopic (exact) mass is 259 g/mol. The second-order valence-electron chi connectivity index (χ2n) is 4.17. The van der Waals surface area contributed by atoms with Crippen LogP contribution in [0.1, 0.15) is 15.9 Å². The Labute approximate surface area is 108 Å². The number of fused-ring (bicyclic) bond motifs is 2. The first-order valence-electron chi connectivity index (χ1n) is 5.53. The van der Waals surface area contributed by atoms with Gasteiger partial charge in [0.1, 0.15) is 5.82 Å². The highest BCUT2D eigenvalue weighted by Crippen LogP contribution is 2.39. The highest BCUT2D eigenvalue weighted by molar-refractivity contribution is 7.99. The summed E-state index contributed by atoms with van der Waals surface area (Å²) in [5.74, 6) is -0.873. The topological polar surface area (TPSA) is 29.1 Å². The summed E-state index contributed by atoms with van der Waals surface area (Å²) in [7, 11) is 0. The lowest BCUT2D eigenvalue weighted by Gasteiger charge is -2.06. The zero-order valence-electron chi connectivity index (χ0n) is 9.66. The molecular weight excluding hydrogens is 249 g/mol. The van der Waals surface area contributed by atoms with Crippen molar-refractivity contribution < 1.29 is 9.18 Å². The Morgan fingerprint density at radius 2 is 2.00 bits per heavy atom. The van der Waals surface area contributed by atoms with Gasteiger partial charge in [0.05, 0.1) is 11.3 Å². The Balaban J connectivity index is 2.19. The summed E-state index contributed by atoms with van der Waals surface area (Å²) in [6.07, 6.45) is 0. The van der Waals surface area contributed by atoms with E-state index in [1.165, 1.54) is 17.8 Å². The fraction of sp³-hybridized carbons (Fsp3) is 0.0714.